The standard InChI is InChI=1S/C19H32O3S.C4H11NO2/c1-2-3-4-5-6-7-8-9-10-14-17-19(23(20,21)22)18-15-12-11-13-16-18;6-3-1-5-2-4-7/h11-13,15-16,19H,2-10,14,17H2,1H3,(H,20,21,22);5-7H,1-4H2. The van der Waals surface area contributed by atoms with E-state index in [4.69, 9.17) is 10.2 Å². The molecular formula is C23H43NO5S. The lowest BCUT2D eigenvalue weighted by Crippen LogP contribution is -2.21. The van der Waals surface area contributed by atoms with Crippen molar-refractivity contribution in [2.45, 2.75) is 82.8 Å². The molecule has 6 nitrogen and oxygen atoms in total. The number of aliphatic hydroxyl groups excluding tert-OH is 2. The van der Waals surface area contributed by atoms with Gasteiger partial charge in [0.2, 0.25) is 0 Å². The molecule has 0 aromatic heterocycles. The van der Waals surface area contributed by atoms with Gasteiger partial charge in [-0.25, -0.2) is 0 Å². The van der Waals surface area contributed by atoms with Crippen LogP contribution in [0.15, 0.2) is 30.3 Å². The van der Waals surface area contributed by atoms with Gasteiger partial charge in [-0.05, 0) is 12.0 Å². The van der Waals surface area contributed by atoms with Crippen molar-refractivity contribution in [3.05, 3.63) is 35.9 Å². The Labute approximate surface area is 183 Å². The highest BCUT2D eigenvalue weighted by atomic mass is 32.2. The average Bonchev–Trinajstić information content (AvgIpc) is 2.73. The molecule has 0 amide bonds. The van der Waals surface area contributed by atoms with Gasteiger partial charge < -0.3 is 15.5 Å². The Hall–Kier alpha value is -0.990. The molecule has 0 heterocycles. The van der Waals surface area contributed by atoms with E-state index in [0.717, 1.165) is 19.3 Å². The molecule has 176 valence electrons. The maximum Gasteiger partial charge on any atom is 0.271 e. The Kier molecular flexibility index (Phi) is 19.3. The van der Waals surface area contributed by atoms with E-state index >= 15 is 0 Å². The van der Waals surface area contributed by atoms with Crippen molar-refractivity contribution in [2.24, 2.45) is 0 Å². The minimum absolute atomic E-state index is 0.139. The van der Waals surface area contributed by atoms with Gasteiger partial charge in [-0.3, -0.25) is 4.55 Å². The van der Waals surface area contributed by atoms with Crippen LogP contribution in [0.4, 0.5) is 0 Å². The van der Waals surface area contributed by atoms with E-state index in [-0.39, 0.29) is 13.2 Å². The number of hydrogen-bond donors (Lipinski definition) is 4. The molecule has 1 unspecified atom stereocenters. The summed E-state index contributed by atoms with van der Waals surface area (Å²) >= 11 is 0. The largest absolute Gasteiger partial charge is 0.395 e. The molecule has 30 heavy (non-hydrogen) atoms. The molecule has 1 aromatic carbocycles. The molecule has 0 radical (unpaired) electrons. The number of hydrogen-bond acceptors (Lipinski definition) is 5. The minimum atomic E-state index is -4.03. The third kappa shape index (κ3) is 16.8. The summed E-state index contributed by atoms with van der Waals surface area (Å²) in [6.07, 6.45) is 12.7. The molecular weight excluding hydrogens is 402 g/mol. The van der Waals surface area contributed by atoms with E-state index < -0.39 is 15.4 Å². The predicted octanol–water partition coefficient (Wildman–Crippen LogP) is 4.49. The summed E-state index contributed by atoms with van der Waals surface area (Å²) in [5.41, 5.74) is 0.686. The topological polar surface area (TPSA) is 107 Å². The first-order valence-electron chi connectivity index (χ1n) is 11.4. The van der Waals surface area contributed by atoms with E-state index in [2.05, 4.69) is 12.2 Å². The minimum Gasteiger partial charge on any atom is -0.395 e. The van der Waals surface area contributed by atoms with Gasteiger partial charge in [0, 0.05) is 13.1 Å². The van der Waals surface area contributed by atoms with Crippen molar-refractivity contribution in [1.82, 2.24) is 5.32 Å². The number of nitrogens with one attached hydrogen (secondary N) is 1. The monoisotopic (exact) mass is 445 g/mol. The second kappa shape index (κ2) is 19.9. The van der Waals surface area contributed by atoms with Gasteiger partial charge >= 0.3 is 0 Å². The Morgan fingerprint density at radius 3 is 1.70 bits per heavy atom. The molecule has 0 aliphatic rings. The van der Waals surface area contributed by atoms with Crippen LogP contribution in [0.1, 0.15) is 88.4 Å². The highest BCUT2D eigenvalue weighted by Crippen LogP contribution is 2.27. The molecule has 0 saturated heterocycles. The van der Waals surface area contributed by atoms with Gasteiger partial charge in [0.25, 0.3) is 10.1 Å². The first kappa shape index (κ1) is 29.0. The van der Waals surface area contributed by atoms with Crippen LogP contribution in [0.5, 0.6) is 0 Å². The summed E-state index contributed by atoms with van der Waals surface area (Å²) in [4.78, 5) is 0. The molecule has 0 bridgehead atoms. The molecule has 0 saturated carbocycles. The highest BCUT2D eigenvalue weighted by molar-refractivity contribution is 7.86. The van der Waals surface area contributed by atoms with E-state index in [9.17, 15) is 13.0 Å². The van der Waals surface area contributed by atoms with Crippen molar-refractivity contribution in [3.8, 4) is 0 Å². The van der Waals surface area contributed by atoms with Crippen LogP contribution in [-0.4, -0.2) is 49.5 Å². The van der Waals surface area contributed by atoms with Crippen molar-refractivity contribution < 1.29 is 23.2 Å². The Morgan fingerprint density at radius 1 is 0.800 bits per heavy atom. The van der Waals surface area contributed by atoms with Gasteiger partial charge in [0.05, 0.1) is 13.2 Å². The van der Waals surface area contributed by atoms with E-state index in [1.807, 2.05) is 18.2 Å². The first-order chi connectivity index (χ1) is 14.5. The molecule has 1 aromatic rings. The predicted molar refractivity (Wildman–Crippen MR) is 124 cm³/mol. The van der Waals surface area contributed by atoms with Crippen LogP contribution in [0.2, 0.25) is 0 Å². The number of aliphatic hydroxyl groups is 2. The summed E-state index contributed by atoms with van der Waals surface area (Å²) in [6.45, 7) is 3.65. The lowest BCUT2D eigenvalue weighted by molar-refractivity contribution is 0.266. The molecule has 1 rings (SSSR count). The first-order valence-corrected chi connectivity index (χ1v) is 12.9. The molecule has 0 aliphatic heterocycles. The van der Waals surface area contributed by atoms with E-state index in [0.29, 0.717) is 25.1 Å². The van der Waals surface area contributed by atoms with Crippen LogP contribution in [0.25, 0.3) is 0 Å². The number of benzene rings is 1. The maximum absolute atomic E-state index is 11.6. The summed E-state index contributed by atoms with van der Waals surface area (Å²) < 4.78 is 32.6. The van der Waals surface area contributed by atoms with E-state index in [1.54, 1.807) is 12.1 Å². The van der Waals surface area contributed by atoms with Crippen LogP contribution in [0.3, 0.4) is 0 Å². The Bertz CT molecular complexity index is 577. The zero-order chi connectivity index (χ0) is 22.5. The van der Waals surface area contributed by atoms with Crippen LogP contribution in [0, 0.1) is 0 Å². The number of unbranched alkanes of at least 4 members (excludes halogenated alkanes) is 9. The van der Waals surface area contributed by atoms with Gasteiger partial charge in [-0.1, -0.05) is 101 Å². The van der Waals surface area contributed by atoms with Crippen LogP contribution >= 0.6 is 0 Å². The van der Waals surface area contributed by atoms with Crippen LogP contribution < -0.4 is 5.32 Å². The second-order valence-electron chi connectivity index (χ2n) is 7.58. The molecule has 1 atom stereocenters. The molecule has 4 N–H and O–H groups in total. The second-order valence-corrected chi connectivity index (χ2v) is 9.18. The quantitative estimate of drug-likeness (QED) is 0.208. The van der Waals surface area contributed by atoms with Gasteiger partial charge in [0.1, 0.15) is 5.25 Å². The van der Waals surface area contributed by atoms with E-state index in [1.165, 1.54) is 44.9 Å². The molecule has 0 spiro atoms. The highest BCUT2D eigenvalue weighted by Gasteiger charge is 2.24. The molecule has 0 fully saturated rings. The van der Waals surface area contributed by atoms with Gasteiger partial charge in [0.15, 0.2) is 0 Å². The van der Waals surface area contributed by atoms with Crippen LogP contribution in [-0.2, 0) is 10.1 Å². The fourth-order valence-corrected chi connectivity index (χ4v) is 4.22. The summed E-state index contributed by atoms with van der Waals surface area (Å²) in [6, 6.07) is 9.02. The van der Waals surface area contributed by atoms with Crippen molar-refractivity contribution in [2.75, 3.05) is 26.3 Å². The maximum atomic E-state index is 11.6. The summed E-state index contributed by atoms with van der Waals surface area (Å²) in [5, 5.41) is 18.3. The average molecular weight is 446 g/mol. The fraction of sp³-hybridized carbons (Fsp3) is 0.739. The smallest absolute Gasteiger partial charge is 0.271 e. The lowest BCUT2D eigenvalue weighted by atomic mass is 10.0. The third-order valence-electron chi connectivity index (χ3n) is 4.93. The van der Waals surface area contributed by atoms with Crippen molar-refractivity contribution in [1.29, 1.82) is 0 Å². The third-order valence-corrected chi connectivity index (χ3v) is 6.15. The van der Waals surface area contributed by atoms with Gasteiger partial charge in [-0.2, -0.15) is 8.42 Å². The van der Waals surface area contributed by atoms with Crippen molar-refractivity contribution >= 4 is 10.1 Å². The summed E-state index contributed by atoms with van der Waals surface area (Å²) in [7, 11) is -4.03. The van der Waals surface area contributed by atoms with Crippen molar-refractivity contribution in [3.63, 3.8) is 0 Å². The fourth-order valence-electron chi connectivity index (χ4n) is 3.26. The summed E-state index contributed by atoms with van der Waals surface area (Å²) in [5.74, 6) is 0. The normalized spacial score (nSPS) is 12.3. The Balaban J connectivity index is 0.00000103. The zero-order valence-corrected chi connectivity index (χ0v) is 19.5. The SMILES string of the molecule is CCCCCCCCCCCCC(c1ccccc1)S(=O)(=O)O.OCCNCCO. The molecule has 7 heteroatoms. The lowest BCUT2D eigenvalue weighted by Gasteiger charge is -2.14. The Morgan fingerprint density at radius 2 is 1.27 bits per heavy atom. The van der Waals surface area contributed by atoms with Gasteiger partial charge in [-0.15, -0.1) is 0 Å². The zero-order valence-electron chi connectivity index (χ0n) is 18.6. The molecule has 0 aliphatic carbocycles. The number of rotatable bonds is 17.